The van der Waals surface area contributed by atoms with E-state index >= 15 is 0 Å². The van der Waals surface area contributed by atoms with Gasteiger partial charge >= 0.3 is 0 Å². The van der Waals surface area contributed by atoms with Crippen LogP contribution in [0.4, 0.5) is 0 Å². The summed E-state index contributed by atoms with van der Waals surface area (Å²) in [6, 6.07) is 0.487. The molecule has 1 unspecified atom stereocenters. The van der Waals surface area contributed by atoms with E-state index in [1.165, 1.54) is 12.8 Å². The molecule has 2 N–H and O–H groups in total. The van der Waals surface area contributed by atoms with Gasteiger partial charge in [-0.15, -0.1) is 0 Å². The first-order valence-corrected chi connectivity index (χ1v) is 8.73. The summed E-state index contributed by atoms with van der Waals surface area (Å²) in [5.74, 6) is 1.63. The summed E-state index contributed by atoms with van der Waals surface area (Å²) in [6.07, 6.45) is 7.71. The van der Waals surface area contributed by atoms with Crippen molar-refractivity contribution < 1.29 is 9.53 Å². The summed E-state index contributed by atoms with van der Waals surface area (Å²) in [5.41, 5.74) is 5.81. The standard InChI is InChI=1S/C17H30N2O2/c1-13-4-7-17(12-18,8-5-13)16(20)19(15-2-3-15)10-14-6-9-21-11-14/h13-15H,2-12,18H2,1H3. The minimum Gasteiger partial charge on any atom is -0.381 e. The van der Waals surface area contributed by atoms with E-state index in [4.69, 9.17) is 10.5 Å². The highest BCUT2D eigenvalue weighted by Gasteiger charge is 2.46. The van der Waals surface area contributed by atoms with Crippen molar-refractivity contribution in [1.29, 1.82) is 0 Å². The van der Waals surface area contributed by atoms with Crippen LogP contribution in [0.1, 0.15) is 51.9 Å². The van der Waals surface area contributed by atoms with Gasteiger partial charge in [-0.1, -0.05) is 6.92 Å². The molecule has 4 heteroatoms. The number of nitrogens with zero attached hydrogens (tertiary/aromatic N) is 1. The minimum absolute atomic E-state index is 0.269. The van der Waals surface area contributed by atoms with Gasteiger partial charge in [0, 0.05) is 31.7 Å². The van der Waals surface area contributed by atoms with Gasteiger partial charge in [0.1, 0.15) is 0 Å². The molecular weight excluding hydrogens is 264 g/mol. The Bertz CT molecular complexity index is 367. The molecule has 120 valence electrons. The Labute approximate surface area is 128 Å². The third-order valence-electron chi connectivity index (χ3n) is 5.80. The zero-order valence-corrected chi connectivity index (χ0v) is 13.4. The maximum Gasteiger partial charge on any atom is 0.230 e. The fourth-order valence-electron chi connectivity index (χ4n) is 3.91. The zero-order valence-electron chi connectivity index (χ0n) is 13.4. The predicted octanol–water partition coefficient (Wildman–Crippen LogP) is 2.17. The SMILES string of the molecule is CC1CCC(CN)(C(=O)N(CC2CCOC2)C2CC2)CC1. The van der Waals surface area contributed by atoms with Gasteiger partial charge in [-0.05, 0) is 50.9 Å². The number of carbonyl (C=O) groups is 1. The highest BCUT2D eigenvalue weighted by atomic mass is 16.5. The fourth-order valence-corrected chi connectivity index (χ4v) is 3.91. The topological polar surface area (TPSA) is 55.6 Å². The van der Waals surface area contributed by atoms with Crippen molar-refractivity contribution in [1.82, 2.24) is 4.90 Å². The fraction of sp³-hybridized carbons (Fsp3) is 0.941. The lowest BCUT2D eigenvalue weighted by Crippen LogP contribution is -2.51. The van der Waals surface area contributed by atoms with Crippen molar-refractivity contribution in [2.24, 2.45) is 23.0 Å². The zero-order chi connectivity index (χ0) is 14.9. The minimum atomic E-state index is -0.269. The van der Waals surface area contributed by atoms with Crippen LogP contribution in [0.15, 0.2) is 0 Å². The van der Waals surface area contributed by atoms with Crippen molar-refractivity contribution in [3.8, 4) is 0 Å². The summed E-state index contributed by atoms with van der Waals surface area (Å²) >= 11 is 0. The van der Waals surface area contributed by atoms with Crippen LogP contribution < -0.4 is 5.73 Å². The molecule has 4 nitrogen and oxygen atoms in total. The molecule has 1 saturated heterocycles. The molecule has 0 radical (unpaired) electrons. The Balaban J connectivity index is 1.69. The maximum atomic E-state index is 13.2. The van der Waals surface area contributed by atoms with Gasteiger partial charge in [0.2, 0.25) is 5.91 Å². The third-order valence-corrected chi connectivity index (χ3v) is 5.80. The first-order chi connectivity index (χ1) is 10.1. The quantitative estimate of drug-likeness (QED) is 0.845. The van der Waals surface area contributed by atoms with Gasteiger partial charge in [-0.25, -0.2) is 0 Å². The van der Waals surface area contributed by atoms with Crippen LogP contribution in [-0.2, 0) is 9.53 Å². The summed E-state index contributed by atoms with van der Waals surface area (Å²) in [7, 11) is 0. The van der Waals surface area contributed by atoms with Crippen LogP contribution in [0.3, 0.4) is 0 Å². The van der Waals surface area contributed by atoms with Crippen molar-refractivity contribution >= 4 is 5.91 Å². The second kappa shape index (κ2) is 6.25. The monoisotopic (exact) mass is 294 g/mol. The molecule has 0 spiro atoms. The number of hydrogen-bond acceptors (Lipinski definition) is 3. The van der Waals surface area contributed by atoms with Gasteiger partial charge in [0.15, 0.2) is 0 Å². The third kappa shape index (κ3) is 3.26. The molecule has 3 fully saturated rings. The number of hydrogen-bond donors (Lipinski definition) is 1. The number of rotatable bonds is 5. The van der Waals surface area contributed by atoms with Crippen LogP contribution in [-0.4, -0.2) is 43.2 Å². The lowest BCUT2D eigenvalue weighted by molar-refractivity contribution is -0.145. The maximum absolute atomic E-state index is 13.2. The van der Waals surface area contributed by atoms with E-state index in [2.05, 4.69) is 11.8 Å². The molecule has 21 heavy (non-hydrogen) atoms. The molecule has 0 bridgehead atoms. The Kier molecular flexibility index (Phi) is 4.55. The molecule has 1 aliphatic heterocycles. The van der Waals surface area contributed by atoms with Crippen molar-refractivity contribution in [2.45, 2.75) is 57.9 Å². The van der Waals surface area contributed by atoms with E-state index in [1.54, 1.807) is 0 Å². The van der Waals surface area contributed by atoms with Crippen molar-refractivity contribution in [3.63, 3.8) is 0 Å². The van der Waals surface area contributed by atoms with Gasteiger partial charge in [-0.3, -0.25) is 4.79 Å². The summed E-state index contributed by atoms with van der Waals surface area (Å²) in [6.45, 7) is 5.38. The van der Waals surface area contributed by atoms with Gasteiger partial charge in [0.05, 0.1) is 12.0 Å². The van der Waals surface area contributed by atoms with E-state index in [9.17, 15) is 4.79 Å². The summed E-state index contributed by atoms with van der Waals surface area (Å²) in [4.78, 5) is 15.4. The van der Waals surface area contributed by atoms with E-state index in [1.807, 2.05) is 0 Å². The molecule has 3 aliphatic rings. The normalized spacial score (nSPS) is 36.7. The molecule has 0 aromatic rings. The Hall–Kier alpha value is -0.610. The van der Waals surface area contributed by atoms with Gasteiger partial charge in [0.25, 0.3) is 0 Å². The van der Waals surface area contributed by atoms with Crippen LogP contribution in [0.25, 0.3) is 0 Å². The Morgan fingerprint density at radius 3 is 2.48 bits per heavy atom. The largest absolute Gasteiger partial charge is 0.381 e. The highest BCUT2D eigenvalue weighted by Crippen LogP contribution is 2.42. The van der Waals surface area contributed by atoms with E-state index < -0.39 is 0 Å². The first kappa shape index (κ1) is 15.3. The van der Waals surface area contributed by atoms with Crippen LogP contribution >= 0.6 is 0 Å². The lowest BCUT2D eigenvalue weighted by Gasteiger charge is -2.41. The van der Waals surface area contributed by atoms with Crippen LogP contribution in [0.2, 0.25) is 0 Å². The van der Waals surface area contributed by atoms with E-state index in [0.717, 1.165) is 57.8 Å². The summed E-state index contributed by atoms with van der Waals surface area (Å²) < 4.78 is 5.49. The molecular formula is C17H30N2O2. The van der Waals surface area contributed by atoms with E-state index in [0.29, 0.717) is 24.4 Å². The predicted molar refractivity (Wildman–Crippen MR) is 82.8 cm³/mol. The second-order valence-corrected chi connectivity index (χ2v) is 7.59. The van der Waals surface area contributed by atoms with E-state index in [-0.39, 0.29) is 5.41 Å². The van der Waals surface area contributed by atoms with Gasteiger partial charge in [-0.2, -0.15) is 0 Å². The average molecular weight is 294 g/mol. The first-order valence-electron chi connectivity index (χ1n) is 8.73. The summed E-state index contributed by atoms with van der Waals surface area (Å²) in [5, 5.41) is 0. The second-order valence-electron chi connectivity index (χ2n) is 7.59. The molecule has 1 amide bonds. The smallest absolute Gasteiger partial charge is 0.230 e. The average Bonchev–Trinajstić information content (AvgIpc) is 3.22. The molecule has 2 saturated carbocycles. The van der Waals surface area contributed by atoms with Crippen molar-refractivity contribution in [3.05, 3.63) is 0 Å². The lowest BCUT2D eigenvalue weighted by atomic mass is 9.70. The Morgan fingerprint density at radius 2 is 1.95 bits per heavy atom. The molecule has 1 atom stereocenters. The van der Waals surface area contributed by atoms with Crippen LogP contribution in [0, 0.1) is 17.3 Å². The van der Waals surface area contributed by atoms with Crippen LogP contribution in [0.5, 0.6) is 0 Å². The Morgan fingerprint density at radius 1 is 1.24 bits per heavy atom. The molecule has 2 aliphatic carbocycles. The molecule has 0 aromatic carbocycles. The number of nitrogens with two attached hydrogens (primary N) is 1. The molecule has 0 aromatic heterocycles. The molecule has 1 heterocycles. The molecule has 3 rings (SSSR count). The number of carbonyl (C=O) groups excluding carboxylic acids is 1. The highest BCUT2D eigenvalue weighted by molar-refractivity contribution is 5.83. The van der Waals surface area contributed by atoms with Crippen molar-refractivity contribution in [2.75, 3.05) is 26.3 Å². The number of amides is 1. The van der Waals surface area contributed by atoms with Gasteiger partial charge < -0.3 is 15.4 Å². The number of ether oxygens (including phenoxy) is 1.